The lowest BCUT2D eigenvalue weighted by atomic mass is 9.99. The molecule has 3 aromatic rings. The molecule has 2 heterocycles. The van der Waals surface area contributed by atoms with Gasteiger partial charge >= 0.3 is 5.97 Å². The Morgan fingerprint density at radius 2 is 1.55 bits per heavy atom. The molecule has 6 N–H and O–H groups in total. The summed E-state index contributed by atoms with van der Waals surface area (Å²) in [6, 6.07) is 15.7. The van der Waals surface area contributed by atoms with Crippen molar-refractivity contribution in [3.8, 4) is 5.75 Å². The molecule has 1 saturated heterocycles. The highest BCUT2D eigenvalue weighted by atomic mass is 35.5. The zero-order chi connectivity index (χ0) is 33.8. The fraction of sp³-hybridized carbons (Fsp3) is 0.441. The summed E-state index contributed by atoms with van der Waals surface area (Å²) in [6.45, 7) is 3.95. The van der Waals surface area contributed by atoms with Crippen molar-refractivity contribution in [3.05, 3.63) is 76.1 Å². The number of nitrogen functional groups attached to an aromatic ring is 2. The molecule has 1 aliphatic rings. The molecule has 1 aromatic heterocycles. The first-order chi connectivity index (χ1) is 22.6. The van der Waals surface area contributed by atoms with Crippen LogP contribution in [-0.2, 0) is 22.4 Å². The van der Waals surface area contributed by atoms with Gasteiger partial charge in [-0.3, -0.25) is 14.4 Å². The fourth-order valence-corrected chi connectivity index (χ4v) is 6.28. The minimum absolute atomic E-state index is 0.0144. The van der Waals surface area contributed by atoms with Crippen LogP contribution in [0, 0.1) is 0 Å². The molecule has 0 aliphatic carbocycles. The fourth-order valence-electron chi connectivity index (χ4n) is 6.16. The molecule has 2 aromatic carbocycles. The Hall–Kier alpha value is -4.42. The Morgan fingerprint density at radius 3 is 2.17 bits per heavy atom. The van der Waals surface area contributed by atoms with Crippen molar-refractivity contribution < 1.29 is 28.3 Å². The quantitative estimate of drug-likeness (QED) is 0.140. The minimum atomic E-state index is -0.408. The number of nitrogens with one attached hydrogen (secondary N) is 2. The van der Waals surface area contributed by atoms with Crippen LogP contribution in [0.1, 0.15) is 64.1 Å². The largest absolute Gasteiger partial charge is 0.497 e. The summed E-state index contributed by atoms with van der Waals surface area (Å²) in [5.41, 5.74) is 14.6. The first-order valence-corrected chi connectivity index (χ1v) is 16.3. The molecule has 2 amide bonds. The van der Waals surface area contributed by atoms with Gasteiger partial charge in [-0.05, 0) is 61.1 Å². The van der Waals surface area contributed by atoms with Gasteiger partial charge < -0.3 is 36.1 Å². The second kappa shape index (κ2) is 16.9. The van der Waals surface area contributed by atoms with Crippen molar-refractivity contribution >= 4 is 41.0 Å². The van der Waals surface area contributed by atoms with Crippen molar-refractivity contribution in [2.45, 2.75) is 51.0 Å². The van der Waals surface area contributed by atoms with Crippen molar-refractivity contribution in [1.29, 1.82) is 0 Å². The van der Waals surface area contributed by atoms with Crippen LogP contribution in [0.3, 0.4) is 0 Å². The van der Waals surface area contributed by atoms with Crippen LogP contribution < -0.4 is 26.8 Å². The number of ether oxygens (including phenoxy) is 2. The predicted molar refractivity (Wildman–Crippen MR) is 181 cm³/mol. The van der Waals surface area contributed by atoms with E-state index in [1.165, 1.54) is 12.7 Å². The molecule has 0 radical (unpaired) electrons. The van der Waals surface area contributed by atoms with Gasteiger partial charge in [0.1, 0.15) is 5.75 Å². The second-order valence-electron chi connectivity index (χ2n) is 12.0. The highest BCUT2D eigenvalue weighted by Gasteiger charge is 2.35. The van der Waals surface area contributed by atoms with E-state index in [1.807, 2.05) is 36.4 Å². The average Bonchev–Trinajstić information content (AvgIpc) is 3.07. The number of halogens is 1. The van der Waals surface area contributed by atoms with Gasteiger partial charge in [-0.15, -0.1) is 0 Å². The molecule has 2 atom stereocenters. The minimum Gasteiger partial charge on any atom is -0.497 e. The molecule has 252 valence electrons. The summed E-state index contributed by atoms with van der Waals surface area (Å²) in [6.07, 6.45) is 5.69. The summed E-state index contributed by atoms with van der Waals surface area (Å²) < 4.78 is 10.8. The highest BCUT2D eigenvalue weighted by molar-refractivity contribution is 6.31. The smallest absolute Gasteiger partial charge is 0.307 e. The molecule has 2 unspecified atom stereocenters. The molecule has 0 spiro atoms. The van der Waals surface area contributed by atoms with Crippen LogP contribution in [0.25, 0.3) is 0 Å². The number of likely N-dealkylation sites (tertiary alicyclic amines) is 1. The van der Waals surface area contributed by atoms with Gasteiger partial charge in [-0.1, -0.05) is 35.9 Å². The number of amides is 2. The molecule has 13 heteroatoms. The van der Waals surface area contributed by atoms with E-state index < -0.39 is 5.91 Å². The number of hydrogen-bond donors (Lipinski definition) is 4. The van der Waals surface area contributed by atoms with Crippen LogP contribution in [-0.4, -0.2) is 85.2 Å². The third kappa shape index (κ3) is 10.3. The van der Waals surface area contributed by atoms with Gasteiger partial charge in [0, 0.05) is 24.9 Å². The lowest BCUT2D eigenvalue weighted by molar-refractivity contribution is -0.933. The number of rotatable bonds is 15. The molecule has 4 rings (SSSR count). The molecular weight excluding hydrogens is 622 g/mol. The van der Waals surface area contributed by atoms with E-state index >= 15 is 0 Å². The Morgan fingerprint density at radius 1 is 0.915 bits per heavy atom. The van der Waals surface area contributed by atoms with Gasteiger partial charge in [0.15, 0.2) is 22.5 Å². The zero-order valence-electron chi connectivity index (χ0n) is 27.1. The maximum absolute atomic E-state index is 13.2. The molecule has 1 fully saturated rings. The van der Waals surface area contributed by atoms with Crippen molar-refractivity contribution in [2.75, 3.05) is 58.4 Å². The third-order valence-corrected chi connectivity index (χ3v) is 8.94. The number of carbonyl (C=O) groups is 3. The number of methoxy groups -OCH3 is 2. The number of nitrogens with two attached hydrogens (primary N) is 2. The van der Waals surface area contributed by atoms with Gasteiger partial charge in [0.05, 0.1) is 52.9 Å². The Bertz CT molecular complexity index is 1520. The molecular formula is C34H45ClN7O5+. The number of benzene rings is 2. The van der Waals surface area contributed by atoms with Gasteiger partial charge in [-0.2, -0.15) is 0 Å². The maximum atomic E-state index is 13.2. The number of hydrogen-bond acceptors (Lipinski definition) is 9. The van der Waals surface area contributed by atoms with Crippen LogP contribution in [0.4, 0.5) is 11.6 Å². The number of anilines is 2. The Balaban J connectivity index is 1.39. The van der Waals surface area contributed by atoms with Gasteiger partial charge in [0.25, 0.3) is 11.8 Å². The number of aryl methyl sites for hydroxylation is 2. The van der Waals surface area contributed by atoms with Crippen molar-refractivity contribution in [3.63, 3.8) is 0 Å². The van der Waals surface area contributed by atoms with E-state index in [0.29, 0.717) is 5.56 Å². The summed E-state index contributed by atoms with van der Waals surface area (Å²) in [7, 11) is 2.99. The molecule has 0 saturated carbocycles. The summed E-state index contributed by atoms with van der Waals surface area (Å²) in [5, 5.41) is 5.82. The Kier molecular flexibility index (Phi) is 12.8. The van der Waals surface area contributed by atoms with Crippen LogP contribution in [0.15, 0.2) is 48.5 Å². The van der Waals surface area contributed by atoms with E-state index in [4.69, 9.17) is 27.8 Å². The number of quaternary nitrogens is 1. The van der Waals surface area contributed by atoms with E-state index in [0.717, 1.165) is 80.5 Å². The first-order valence-electron chi connectivity index (χ1n) is 15.9. The van der Waals surface area contributed by atoms with Crippen LogP contribution in [0.5, 0.6) is 5.75 Å². The monoisotopic (exact) mass is 666 g/mol. The predicted octanol–water partition coefficient (Wildman–Crippen LogP) is 3.57. The Labute approximate surface area is 280 Å². The average molecular weight is 667 g/mol. The maximum Gasteiger partial charge on any atom is 0.307 e. The molecule has 12 nitrogen and oxygen atoms in total. The number of nitrogens with zero attached hydrogens (tertiary/aromatic N) is 3. The van der Waals surface area contributed by atoms with Crippen LogP contribution >= 0.6 is 11.6 Å². The lowest BCUT2D eigenvalue weighted by Crippen LogP contribution is -2.60. The second-order valence-corrected chi connectivity index (χ2v) is 12.3. The molecule has 1 aliphatic heterocycles. The van der Waals surface area contributed by atoms with Crippen LogP contribution in [0.2, 0.25) is 5.15 Å². The van der Waals surface area contributed by atoms with E-state index in [-0.39, 0.29) is 53.4 Å². The molecule has 47 heavy (non-hydrogen) atoms. The topological polar surface area (TPSA) is 172 Å². The number of esters is 1. The standard InChI is InChI=1S/C34H44ClN7O5/c1-46-27-15-11-24(12-16-27)7-4-20-42(19-3-6-23-9-13-25(14-10-23)33(44)38-18-17-28(43)47-2)21-5-8-26(22-42)39-34(45)29-31(36)41-32(37)30(35)40-29/h9-16,26H,3-8,17-22H2,1-2H3,(H5-,36,37,38,39,41,44,45)/p+1. The van der Waals surface area contributed by atoms with Crippen molar-refractivity contribution in [1.82, 2.24) is 20.6 Å². The lowest BCUT2D eigenvalue weighted by Gasteiger charge is -2.45. The number of piperidine rings is 1. The van der Waals surface area contributed by atoms with E-state index in [9.17, 15) is 14.4 Å². The third-order valence-electron chi connectivity index (χ3n) is 8.66. The zero-order valence-corrected chi connectivity index (χ0v) is 27.9. The first kappa shape index (κ1) is 35.4. The SMILES string of the molecule is COC(=O)CCNC(=O)c1ccc(CCC[N+]2(CCCc3ccc(OC)cc3)CCCC(NC(=O)c3nc(Cl)c(N)nc3N)C2)cc1. The number of carbonyl (C=O) groups excluding carboxylic acids is 3. The summed E-state index contributed by atoms with van der Waals surface area (Å²) >= 11 is 6.03. The van der Waals surface area contributed by atoms with Crippen molar-refractivity contribution in [2.24, 2.45) is 0 Å². The van der Waals surface area contributed by atoms with E-state index in [1.54, 1.807) is 7.11 Å². The van der Waals surface area contributed by atoms with E-state index in [2.05, 4.69) is 37.5 Å². The summed E-state index contributed by atoms with van der Waals surface area (Å²) in [4.78, 5) is 44.9. The molecule has 0 bridgehead atoms. The normalized spacial score (nSPS) is 17.5. The van der Waals surface area contributed by atoms with Gasteiger partial charge in [-0.25, -0.2) is 9.97 Å². The van der Waals surface area contributed by atoms with Gasteiger partial charge in [0.2, 0.25) is 0 Å². The number of aromatic nitrogens is 2. The highest BCUT2D eigenvalue weighted by Crippen LogP contribution is 2.24. The summed E-state index contributed by atoms with van der Waals surface area (Å²) in [5.74, 6) is -0.224.